The van der Waals surface area contributed by atoms with E-state index in [2.05, 4.69) is 23.6 Å². The van der Waals surface area contributed by atoms with Gasteiger partial charge in [0.2, 0.25) is 10.0 Å². The Morgan fingerprint density at radius 3 is 2.69 bits per heavy atom. The minimum Gasteiger partial charge on any atom is -0.366 e. The molecule has 1 aliphatic heterocycles. The summed E-state index contributed by atoms with van der Waals surface area (Å²) < 4.78 is 27.1. The maximum absolute atomic E-state index is 12.3. The van der Waals surface area contributed by atoms with E-state index >= 15 is 0 Å². The molecule has 0 aliphatic carbocycles. The van der Waals surface area contributed by atoms with E-state index in [0.29, 0.717) is 11.6 Å². The molecule has 0 bridgehead atoms. The molecule has 0 amide bonds. The molecule has 26 heavy (non-hydrogen) atoms. The SMILES string of the molecule is CCN(C)C[C@H]1CCN(c2ccc(S(=O)(=O)NC(C)C)cc2[N+](=O)[O-])C1. The average Bonchev–Trinajstić information content (AvgIpc) is 3.01. The van der Waals surface area contributed by atoms with Gasteiger partial charge in [-0.3, -0.25) is 10.1 Å². The molecule has 1 aliphatic rings. The molecule has 1 aromatic carbocycles. The molecule has 1 saturated heterocycles. The first-order valence-electron chi connectivity index (χ1n) is 8.88. The number of benzene rings is 1. The fraction of sp³-hybridized carbons (Fsp3) is 0.647. The molecular formula is C17H28N4O4S. The number of hydrogen-bond donors (Lipinski definition) is 1. The summed E-state index contributed by atoms with van der Waals surface area (Å²) in [5.74, 6) is 0.450. The quantitative estimate of drug-likeness (QED) is 0.544. The summed E-state index contributed by atoms with van der Waals surface area (Å²) in [5, 5.41) is 11.5. The zero-order valence-electron chi connectivity index (χ0n) is 15.8. The van der Waals surface area contributed by atoms with Gasteiger partial charge in [0.1, 0.15) is 5.69 Å². The molecule has 0 radical (unpaired) electrons. The maximum Gasteiger partial charge on any atom is 0.293 e. The molecule has 0 unspecified atom stereocenters. The molecule has 146 valence electrons. The first-order valence-corrected chi connectivity index (χ1v) is 10.4. The third-order valence-corrected chi connectivity index (χ3v) is 6.24. The van der Waals surface area contributed by atoms with Crippen LogP contribution in [0.3, 0.4) is 0 Å². The van der Waals surface area contributed by atoms with Gasteiger partial charge in [-0.2, -0.15) is 0 Å². The molecule has 1 aromatic rings. The zero-order valence-corrected chi connectivity index (χ0v) is 16.6. The van der Waals surface area contributed by atoms with Gasteiger partial charge >= 0.3 is 0 Å². The number of anilines is 1. The van der Waals surface area contributed by atoms with E-state index in [9.17, 15) is 18.5 Å². The number of hydrogen-bond acceptors (Lipinski definition) is 6. The summed E-state index contributed by atoms with van der Waals surface area (Å²) in [6, 6.07) is 3.87. The molecule has 1 heterocycles. The number of nitrogens with one attached hydrogen (secondary N) is 1. The molecule has 0 spiro atoms. The number of sulfonamides is 1. The lowest BCUT2D eigenvalue weighted by Gasteiger charge is -2.21. The smallest absolute Gasteiger partial charge is 0.293 e. The Balaban J connectivity index is 2.26. The second-order valence-corrected chi connectivity index (χ2v) is 8.85. The largest absolute Gasteiger partial charge is 0.366 e. The Bertz CT molecular complexity index is 751. The summed E-state index contributed by atoms with van der Waals surface area (Å²) in [6.07, 6.45) is 0.969. The molecule has 2 rings (SSSR count). The lowest BCUT2D eigenvalue weighted by atomic mass is 10.1. The molecular weight excluding hydrogens is 356 g/mol. The van der Waals surface area contributed by atoms with Crippen LogP contribution in [0.1, 0.15) is 27.2 Å². The van der Waals surface area contributed by atoms with Crippen molar-refractivity contribution in [1.82, 2.24) is 9.62 Å². The topological polar surface area (TPSA) is 95.8 Å². The standard InChI is InChI=1S/C17H28N4O4S/c1-5-19(4)11-14-8-9-20(12-14)16-7-6-15(10-17(16)21(22)23)26(24,25)18-13(2)3/h6-7,10,13-14,18H,5,8-9,11-12H2,1-4H3/t14-/m1/s1. The van der Waals surface area contributed by atoms with Gasteiger partial charge < -0.3 is 9.80 Å². The van der Waals surface area contributed by atoms with Crippen LogP contribution in [0.15, 0.2) is 23.1 Å². The van der Waals surface area contributed by atoms with E-state index in [0.717, 1.165) is 38.7 Å². The summed E-state index contributed by atoms with van der Waals surface area (Å²) in [4.78, 5) is 15.2. The Kier molecular flexibility index (Phi) is 6.59. The Morgan fingerprint density at radius 1 is 1.42 bits per heavy atom. The molecule has 9 heteroatoms. The highest BCUT2D eigenvalue weighted by molar-refractivity contribution is 7.89. The molecule has 0 saturated carbocycles. The van der Waals surface area contributed by atoms with E-state index < -0.39 is 14.9 Å². The van der Waals surface area contributed by atoms with Gasteiger partial charge in [0.05, 0.1) is 9.82 Å². The third kappa shape index (κ3) is 4.93. The predicted octanol–water partition coefficient (Wildman–Crippen LogP) is 2.06. The van der Waals surface area contributed by atoms with Gasteiger partial charge in [0.15, 0.2) is 0 Å². The van der Waals surface area contributed by atoms with Gasteiger partial charge in [-0.05, 0) is 51.9 Å². The van der Waals surface area contributed by atoms with Crippen LogP contribution in [-0.2, 0) is 10.0 Å². The van der Waals surface area contributed by atoms with E-state index in [1.807, 2.05) is 4.90 Å². The molecule has 8 nitrogen and oxygen atoms in total. The van der Waals surface area contributed by atoms with Crippen LogP contribution >= 0.6 is 0 Å². The van der Waals surface area contributed by atoms with Crippen LogP contribution in [0.2, 0.25) is 0 Å². The van der Waals surface area contributed by atoms with Crippen LogP contribution in [0, 0.1) is 16.0 Å². The fourth-order valence-electron chi connectivity index (χ4n) is 3.23. The second-order valence-electron chi connectivity index (χ2n) is 7.14. The highest BCUT2D eigenvalue weighted by atomic mass is 32.2. The fourth-order valence-corrected chi connectivity index (χ4v) is 4.50. The van der Waals surface area contributed by atoms with Crippen molar-refractivity contribution in [2.75, 3.05) is 38.1 Å². The van der Waals surface area contributed by atoms with Crippen molar-refractivity contribution in [3.63, 3.8) is 0 Å². The Morgan fingerprint density at radius 2 is 2.12 bits per heavy atom. The van der Waals surface area contributed by atoms with Gasteiger partial charge in [-0.25, -0.2) is 13.1 Å². The maximum atomic E-state index is 12.3. The average molecular weight is 385 g/mol. The van der Waals surface area contributed by atoms with Crippen LogP contribution in [0.25, 0.3) is 0 Å². The zero-order chi connectivity index (χ0) is 19.5. The minimum atomic E-state index is -3.77. The molecule has 1 N–H and O–H groups in total. The number of nitro benzene ring substituents is 1. The van der Waals surface area contributed by atoms with Crippen molar-refractivity contribution >= 4 is 21.4 Å². The van der Waals surface area contributed by atoms with E-state index in [1.165, 1.54) is 6.07 Å². The summed E-state index contributed by atoms with van der Waals surface area (Å²) in [5.41, 5.74) is 0.321. The van der Waals surface area contributed by atoms with E-state index in [1.54, 1.807) is 19.9 Å². The molecule has 1 fully saturated rings. The number of nitro groups is 1. The number of nitrogens with zero attached hydrogens (tertiary/aromatic N) is 3. The van der Waals surface area contributed by atoms with Crippen LogP contribution in [-0.4, -0.2) is 57.5 Å². The second kappa shape index (κ2) is 8.32. The summed E-state index contributed by atoms with van der Waals surface area (Å²) in [6.45, 7) is 8.90. The predicted molar refractivity (Wildman–Crippen MR) is 102 cm³/mol. The third-order valence-electron chi connectivity index (χ3n) is 4.58. The van der Waals surface area contributed by atoms with Gasteiger partial charge in [0.25, 0.3) is 5.69 Å². The minimum absolute atomic E-state index is 0.0805. The van der Waals surface area contributed by atoms with E-state index in [-0.39, 0.29) is 16.6 Å². The Labute approximate surface area is 155 Å². The summed E-state index contributed by atoms with van der Waals surface area (Å²) >= 11 is 0. The monoisotopic (exact) mass is 384 g/mol. The number of rotatable bonds is 8. The van der Waals surface area contributed by atoms with Crippen molar-refractivity contribution in [3.8, 4) is 0 Å². The Hall–Kier alpha value is -1.71. The highest BCUT2D eigenvalue weighted by Gasteiger charge is 2.29. The lowest BCUT2D eigenvalue weighted by Crippen LogP contribution is -2.30. The summed E-state index contributed by atoms with van der Waals surface area (Å²) in [7, 11) is -1.70. The lowest BCUT2D eigenvalue weighted by molar-refractivity contribution is -0.384. The first-order chi connectivity index (χ1) is 12.1. The van der Waals surface area contributed by atoms with Crippen molar-refractivity contribution in [2.45, 2.75) is 38.1 Å². The highest BCUT2D eigenvalue weighted by Crippen LogP contribution is 2.34. The van der Waals surface area contributed by atoms with Gasteiger partial charge in [0, 0.05) is 31.7 Å². The van der Waals surface area contributed by atoms with Crippen LogP contribution in [0.4, 0.5) is 11.4 Å². The van der Waals surface area contributed by atoms with Crippen molar-refractivity contribution in [1.29, 1.82) is 0 Å². The van der Waals surface area contributed by atoms with Crippen molar-refractivity contribution < 1.29 is 13.3 Å². The van der Waals surface area contributed by atoms with Gasteiger partial charge in [-0.15, -0.1) is 0 Å². The molecule has 0 aromatic heterocycles. The van der Waals surface area contributed by atoms with Gasteiger partial charge in [-0.1, -0.05) is 6.92 Å². The van der Waals surface area contributed by atoms with Crippen molar-refractivity contribution in [3.05, 3.63) is 28.3 Å². The van der Waals surface area contributed by atoms with Crippen LogP contribution < -0.4 is 9.62 Å². The first kappa shape index (κ1) is 20.6. The molecule has 1 atom stereocenters. The van der Waals surface area contributed by atoms with E-state index in [4.69, 9.17) is 0 Å². The van der Waals surface area contributed by atoms with Crippen LogP contribution in [0.5, 0.6) is 0 Å². The van der Waals surface area contributed by atoms with Crippen molar-refractivity contribution in [2.24, 2.45) is 5.92 Å². The normalized spacial score (nSPS) is 18.1.